The zero-order valence-corrected chi connectivity index (χ0v) is 12.0. The number of rotatable bonds is 4. The van der Waals surface area contributed by atoms with Crippen LogP contribution >= 0.6 is 0 Å². The number of carbonyl (C=O) groups is 1. The minimum Gasteiger partial charge on any atom is -0.467 e. The molecular formula is C16H19N3O2. The smallest absolute Gasteiger partial charge is 0.333 e. The molecule has 0 amide bonds. The number of benzene rings is 1. The van der Waals surface area contributed by atoms with Crippen molar-refractivity contribution in [2.45, 2.75) is 24.9 Å². The van der Waals surface area contributed by atoms with Gasteiger partial charge in [0.1, 0.15) is 0 Å². The van der Waals surface area contributed by atoms with Crippen molar-refractivity contribution < 1.29 is 9.53 Å². The number of methoxy groups -OCH3 is 1. The van der Waals surface area contributed by atoms with Gasteiger partial charge in [-0.25, -0.2) is 9.78 Å². The topological polar surface area (TPSA) is 56.2 Å². The van der Waals surface area contributed by atoms with Crippen LogP contribution in [0.5, 0.6) is 0 Å². The fraction of sp³-hybridized carbons (Fsp3) is 0.375. The fourth-order valence-electron chi connectivity index (χ4n) is 2.89. The molecule has 1 saturated heterocycles. The number of imidazole rings is 1. The third-order valence-corrected chi connectivity index (χ3v) is 3.93. The Bertz CT molecular complexity index is 603. The van der Waals surface area contributed by atoms with E-state index in [4.69, 9.17) is 4.74 Å². The molecule has 21 heavy (non-hydrogen) atoms. The fourth-order valence-corrected chi connectivity index (χ4v) is 2.89. The predicted molar refractivity (Wildman–Crippen MR) is 78.8 cm³/mol. The van der Waals surface area contributed by atoms with Crippen molar-refractivity contribution in [2.24, 2.45) is 0 Å². The summed E-state index contributed by atoms with van der Waals surface area (Å²) in [5.41, 5.74) is 1.94. The van der Waals surface area contributed by atoms with Crippen molar-refractivity contribution in [1.82, 2.24) is 14.9 Å². The van der Waals surface area contributed by atoms with E-state index in [1.807, 2.05) is 41.1 Å². The first-order valence-corrected chi connectivity index (χ1v) is 7.19. The van der Waals surface area contributed by atoms with Crippen molar-refractivity contribution >= 4 is 5.97 Å². The standard InChI is InChI=1S/C16H19N3O2/c1-21-16(20)15(12-6-3-2-4-7-12)19-11-17-10-14(19)13-8-5-9-18-13/h2-4,6-7,10-11,13,15,18H,5,8-9H2,1H3. The third-order valence-electron chi connectivity index (χ3n) is 3.93. The van der Waals surface area contributed by atoms with Crippen LogP contribution in [0.4, 0.5) is 0 Å². The Kier molecular flexibility index (Phi) is 4.01. The van der Waals surface area contributed by atoms with Gasteiger partial charge in [0.25, 0.3) is 0 Å². The van der Waals surface area contributed by atoms with Gasteiger partial charge >= 0.3 is 5.97 Å². The second-order valence-electron chi connectivity index (χ2n) is 5.21. The lowest BCUT2D eigenvalue weighted by atomic mass is 10.1. The van der Waals surface area contributed by atoms with Gasteiger partial charge in [0, 0.05) is 12.2 Å². The van der Waals surface area contributed by atoms with Crippen LogP contribution in [0.15, 0.2) is 42.9 Å². The monoisotopic (exact) mass is 285 g/mol. The Morgan fingerprint density at radius 1 is 1.43 bits per heavy atom. The molecule has 1 aromatic heterocycles. The van der Waals surface area contributed by atoms with Crippen LogP contribution in [0.2, 0.25) is 0 Å². The first-order chi connectivity index (χ1) is 10.3. The van der Waals surface area contributed by atoms with Crippen molar-refractivity contribution in [3.63, 3.8) is 0 Å². The molecule has 110 valence electrons. The summed E-state index contributed by atoms with van der Waals surface area (Å²) >= 11 is 0. The summed E-state index contributed by atoms with van der Waals surface area (Å²) < 4.78 is 6.92. The number of nitrogens with zero attached hydrogens (tertiary/aromatic N) is 2. The number of carbonyl (C=O) groups excluding carboxylic acids is 1. The van der Waals surface area contributed by atoms with Gasteiger partial charge in [-0.2, -0.15) is 0 Å². The maximum Gasteiger partial charge on any atom is 0.333 e. The van der Waals surface area contributed by atoms with Crippen molar-refractivity contribution in [2.75, 3.05) is 13.7 Å². The lowest BCUT2D eigenvalue weighted by Crippen LogP contribution is -2.26. The van der Waals surface area contributed by atoms with Crippen LogP contribution < -0.4 is 5.32 Å². The normalized spacial score (nSPS) is 19.4. The highest BCUT2D eigenvalue weighted by Crippen LogP contribution is 2.28. The first-order valence-electron chi connectivity index (χ1n) is 7.19. The minimum atomic E-state index is -0.490. The second kappa shape index (κ2) is 6.10. The molecule has 0 saturated carbocycles. The zero-order chi connectivity index (χ0) is 14.7. The van der Waals surface area contributed by atoms with E-state index in [-0.39, 0.29) is 12.0 Å². The molecule has 3 rings (SSSR count). The largest absolute Gasteiger partial charge is 0.467 e. The van der Waals surface area contributed by atoms with Gasteiger partial charge in [-0.1, -0.05) is 30.3 Å². The summed E-state index contributed by atoms with van der Waals surface area (Å²) in [4.78, 5) is 16.5. The van der Waals surface area contributed by atoms with Crippen molar-refractivity contribution in [3.8, 4) is 0 Å². The molecule has 1 aliphatic rings. The third kappa shape index (κ3) is 2.69. The summed E-state index contributed by atoms with van der Waals surface area (Å²) in [5, 5.41) is 3.45. The molecule has 0 radical (unpaired) electrons. The van der Waals surface area contributed by atoms with Crippen LogP contribution in [0.25, 0.3) is 0 Å². The number of nitrogens with one attached hydrogen (secondary N) is 1. The van der Waals surface area contributed by atoms with E-state index in [1.54, 1.807) is 6.33 Å². The van der Waals surface area contributed by atoms with Gasteiger partial charge in [-0.15, -0.1) is 0 Å². The summed E-state index contributed by atoms with van der Waals surface area (Å²) in [6.45, 7) is 1.00. The molecule has 1 fully saturated rings. The van der Waals surface area contributed by atoms with E-state index in [0.717, 1.165) is 30.6 Å². The first kappa shape index (κ1) is 13.8. The highest BCUT2D eigenvalue weighted by Gasteiger charge is 2.28. The summed E-state index contributed by atoms with van der Waals surface area (Å²) in [7, 11) is 1.42. The Hall–Kier alpha value is -2.14. The molecule has 1 aromatic carbocycles. The highest BCUT2D eigenvalue weighted by molar-refractivity contribution is 5.78. The van der Waals surface area contributed by atoms with Gasteiger partial charge in [0.15, 0.2) is 6.04 Å². The minimum absolute atomic E-state index is 0.253. The van der Waals surface area contributed by atoms with Gasteiger partial charge < -0.3 is 14.6 Å². The number of hydrogen-bond donors (Lipinski definition) is 1. The highest BCUT2D eigenvalue weighted by atomic mass is 16.5. The maximum atomic E-state index is 12.3. The Balaban J connectivity index is 2.01. The van der Waals surface area contributed by atoms with E-state index in [9.17, 15) is 4.79 Å². The summed E-state index contributed by atoms with van der Waals surface area (Å²) in [6.07, 6.45) is 5.75. The van der Waals surface area contributed by atoms with Crippen LogP contribution in [0.3, 0.4) is 0 Å². The van der Waals surface area contributed by atoms with E-state index in [0.29, 0.717) is 0 Å². The van der Waals surface area contributed by atoms with Crippen LogP contribution in [0.1, 0.15) is 36.2 Å². The molecule has 2 aromatic rings. The molecule has 0 aliphatic carbocycles. The Labute approximate surface area is 124 Å². The van der Waals surface area contributed by atoms with Gasteiger partial charge in [-0.3, -0.25) is 0 Å². The molecule has 0 spiro atoms. The van der Waals surface area contributed by atoms with E-state index in [1.165, 1.54) is 7.11 Å². The van der Waals surface area contributed by atoms with Crippen LogP contribution in [-0.2, 0) is 9.53 Å². The molecule has 2 heterocycles. The van der Waals surface area contributed by atoms with Gasteiger partial charge in [0.2, 0.25) is 0 Å². The van der Waals surface area contributed by atoms with Crippen molar-refractivity contribution in [1.29, 1.82) is 0 Å². The number of esters is 1. The van der Waals surface area contributed by atoms with Gasteiger partial charge in [0.05, 0.1) is 19.1 Å². The lowest BCUT2D eigenvalue weighted by Gasteiger charge is -2.21. The molecular weight excluding hydrogens is 266 g/mol. The van der Waals surface area contributed by atoms with Crippen LogP contribution in [-0.4, -0.2) is 29.2 Å². The molecule has 5 nitrogen and oxygen atoms in total. The molecule has 2 atom stereocenters. The van der Waals surface area contributed by atoms with Crippen LogP contribution in [0, 0.1) is 0 Å². The number of aromatic nitrogens is 2. The predicted octanol–water partition coefficient (Wildman–Crippen LogP) is 2.07. The van der Waals surface area contributed by atoms with Gasteiger partial charge in [-0.05, 0) is 24.9 Å². The van der Waals surface area contributed by atoms with E-state index in [2.05, 4.69) is 10.3 Å². The van der Waals surface area contributed by atoms with E-state index >= 15 is 0 Å². The number of hydrogen-bond acceptors (Lipinski definition) is 4. The average molecular weight is 285 g/mol. The lowest BCUT2D eigenvalue weighted by molar-refractivity contribution is -0.143. The zero-order valence-electron chi connectivity index (χ0n) is 12.0. The Morgan fingerprint density at radius 3 is 2.90 bits per heavy atom. The number of ether oxygens (including phenoxy) is 1. The average Bonchev–Trinajstić information content (AvgIpc) is 3.19. The summed E-state index contributed by atoms with van der Waals surface area (Å²) in [5.74, 6) is -0.279. The molecule has 1 N–H and O–H groups in total. The molecule has 1 aliphatic heterocycles. The summed E-state index contributed by atoms with van der Waals surface area (Å²) in [6, 6.07) is 9.43. The van der Waals surface area contributed by atoms with E-state index < -0.39 is 6.04 Å². The SMILES string of the molecule is COC(=O)C(c1ccccc1)n1cncc1C1CCCN1. The molecule has 5 heteroatoms. The Morgan fingerprint density at radius 2 is 2.24 bits per heavy atom. The quantitative estimate of drug-likeness (QED) is 0.874. The maximum absolute atomic E-state index is 12.3. The van der Waals surface area contributed by atoms with Crippen molar-refractivity contribution in [3.05, 3.63) is 54.1 Å². The second-order valence-corrected chi connectivity index (χ2v) is 5.21. The molecule has 0 bridgehead atoms. The molecule has 2 unspecified atom stereocenters.